The Balaban J connectivity index is 1.52. The van der Waals surface area contributed by atoms with Crippen LogP contribution in [0.2, 0.25) is 0 Å². The zero-order valence-electron chi connectivity index (χ0n) is 17.0. The summed E-state index contributed by atoms with van der Waals surface area (Å²) in [4.78, 5) is 21.5. The summed E-state index contributed by atoms with van der Waals surface area (Å²) in [5.41, 5.74) is 2.85. The quantitative estimate of drug-likeness (QED) is 0.443. The van der Waals surface area contributed by atoms with E-state index in [4.69, 9.17) is 8.94 Å². The third-order valence-electron chi connectivity index (χ3n) is 4.70. The Kier molecular flexibility index (Phi) is 5.76. The van der Waals surface area contributed by atoms with E-state index in [-0.39, 0.29) is 17.6 Å². The van der Waals surface area contributed by atoms with Crippen LogP contribution < -0.4 is 5.32 Å². The van der Waals surface area contributed by atoms with Gasteiger partial charge in [-0.1, -0.05) is 50.2 Å². The summed E-state index contributed by atoms with van der Waals surface area (Å²) in [6, 6.07) is 10.7. The molecule has 0 radical (unpaired) electrons. The number of rotatable bonds is 7. The van der Waals surface area contributed by atoms with Gasteiger partial charge in [0.15, 0.2) is 5.76 Å². The first-order valence-corrected chi connectivity index (χ1v) is 10.7. The van der Waals surface area contributed by atoms with Crippen LogP contribution in [0.5, 0.6) is 0 Å². The average Bonchev–Trinajstić information content (AvgIpc) is 3.53. The molecule has 3 aromatic heterocycles. The molecule has 7 nitrogen and oxygen atoms in total. The number of furan rings is 1. The summed E-state index contributed by atoms with van der Waals surface area (Å²) in [6.07, 6.45) is 2.39. The molecule has 1 unspecified atom stereocenters. The summed E-state index contributed by atoms with van der Waals surface area (Å²) < 4.78 is 10.6. The van der Waals surface area contributed by atoms with E-state index >= 15 is 0 Å². The smallest absolute Gasteiger partial charge is 0.287 e. The minimum atomic E-state index is -0.425. The molecule has 0 aliphatic heterocycles. The first-order valence-electron chi connectivity index (χ1n) is 9.78. The van der Waals surface area contributed by atoms with Crippen molar-refractivity contribution in [1.29, 1.82) is 0 Å². The maximum Gasteiger partial charge on any atom is 0.287 e. The molecule has 8 heteroatoms. The zero-order chi connectivity index (χ0) is 21.1. The van der Waals surface area contributed by atoms with Crippen molar-refractivity contribution in [2.75, 3.05) is 0 Å². The molecule has 0 spiro atoms. The van der Waals surface area contributed by atoms with E-state index in [1.54, 1.807) is 23.5 Å². The van der Waals surface area contributed by atoms with Gasteiger partial charge in [0, 0.05) is 16.5 Å². The van der Waals surface area contributed by atoms with Gasteiger partial charge >= 0.3 is 0 Å². The van der Waals surface area contributed by atoms with Gasteiger partial charge in [0.2, 0.25) is 11.7 Å². The van der Waals surface area contributed by atoms with Crippen LogP contribution in [0.25, 0.3) is 22.6 Å². The van der Waals surface area contributed by atoms with E-state index in [0.717, 1.165) is 28.2 Å². The highest BCUT2D eigenvalue weighted by Gasteiger charge is 2.26. The number of nitrogens with zero attached hydrogens (tertiary/aromatic N) is 3. The van der Waals surface area contributed by atoms with Gasteiger partial charge in [0.1, 0.15) is 6.04 Å². The Bertz CT molecular complexity index is 1110. The standard InChI is InChI=1S/C22H22N4O3S/c1-4-18-23-16(12-30-18)14-7-9-15(10-8-14)20-25-22(29-26-20)19(13(2)3)24-21(27)17-6-5-11-28-17/h5-13,19H,4H2,1-3H3,(H,24,27). The predicted octanol–water partition coefficient (Wildman–Crippen LogP) is 5.14. The summed E-state index contributed by atoms with van der Waals surface area (Å²) in [6.45, 7) is 6.05. The van der Waals surface area contributed by atoms with E-state index in [1.165, 1.54) is 6.26 Å². The van der Waals surface area contributed by atoms with E-state index in [0.29, 0.717) is 11.7 Å². The van der Waals surface area contributed by atoms with Crippen LogP contribution in [-0.2, 0) is 6.42 Å². The molecule has 0 aliphatic rings. The second-order valence-electron chi connectivity index (χ2n) is 7.19. The normalized spacial score (nSPS) is 12.3. The van der Waals surface area contributed by atoms with Crippen LogP contribution >= 0.6 is 11.3 Å². The average molecular weight is 423 g/mol. The molecule has 0 bridgehead atoms. The van der Waals surface area contributed by atoms with Gasteiger partial charge in [-0.2, -0.15) is 4.98 Å². The number of aryl methyl sites for hydroxylation is 1. The number of carbonyl (C=O) groups is 1. The van der Waals surface area contributed by atoms with E-state index in [2.05, 4.69) is 32.7 Å². The van der Waals surface area contributed by atoms with Crippen LogP contribution in [-0.4, -0.2) is 21.0 Å². The molecular weight excluding hydrogens is 400 g/mol. The van der Waals surface area contributed by atoms with Crippen molar-refractivity contribution < 1.29 is 13.7 Å². The van der Waals surface area contributed by atoms with Gasteiger partial charge in [-0.25, -0.2) is 4.98 Å². The lowest BCUT2D eigenvalue weighted by Gasteiger charge is -2.17. The second-order valence-corrected chi connectivity index (χ2v) is 8.13. The molecule has 0 saturated carbocycles. The molecular formula is C22H22N4O3S. The molecule has 4 aromatic rings. The van der Waals surface area contributed by atoms with Crippen LogP contribution in [0.3, 0.4) is 0 Å². The number of aromatic nitrogens is 3. The predicted molar refractivity (Wildman–Crippen MR) is 114 cm³/mol. The monoisotopic (exact) mass is 422 g/mol. The van der Waals surface area contributed by atoms with Crippen molar-refractivity contribution in [3.05, 3.63) is 64.7 Å². The number of thiazole rings is 1. The molecule has 0 fully saturated rings. The Labute approximate surface area is 178 Å². The maximum atomic E-state index is 12.4. The molecule has 1 atom stereocenters. The molecule has 154 valence electrons. The van der Waals surface area contributed by atoms with Crippen molar-refractivity contribution in [2.24, 2.45) is 5.92 Å². The van der Waals surface area contributed by atoms with Crippen molar-refractivity contribution >= 4 is 17.2 Å². The number of hydrogen-bond donors (Lipinski definition) is 1. The highest BCUT2D eigenvalue weighted by molar-refractivity contribution is 7.09. The molecule has 1 aromatic carbocycles. The number of nitrogens with one attached hydrogen (secondary N) is 1. The molecule has 1 amide bonds. The van der Waals surface area contributed by atoms with E-state index in [1.807, 2.05) is 38.1 Å². The zero-order valence-corrected chi connectivity index (χ0v) is 17.8. The van der Waals surface area contributed by atoms with Gasteiger partial charge in [-0.05, 0) is 24.5 Å². The van der Waals surface area contributed by atoms with Crippen LogP contribution in [0, 0.1) is 5.92 Å². The summed E-state index contributed by atoms with van der Waals surface area (Å²) in [5.74, 6) is 0.803. The van der Waals surface area contributed by atoms with E-state index < -0.39 is 6.04 Å². The number of amides is 1. The molecule has 0 saturated heterocycles. The summed E-state index contributed by atoms with van der Waals surface area (Å²) in [7, 11) is 0. The van der Waals surface area contributed by atoms with Crippen molar-refractivity contribution in [2.45, 2.75) is 33.2 Å². The first-order chi connectivity index (χ1) is 14.5. The van der Waals surface area contributed by atoms with Crippen LogP contribution in [0.15, 0.2) is 57.0 Å². The highest BCUT2D eigenvalue weighted by atomic mass is 32.1. The fourth-order valence-electron chi connectivity index (χ4n) is 3.01. The Hall–Kier alpha value is -3.26. The van der Waals surface area contributed by atoms with Crippen molar-refractivity contribution in [3.8, 4) is 22.6 Å². The topological polar surface area (TPSA) is 94.1 Å². The van der Waals surface area contributed by atoms with Gasteiger partial charge < -0.3 is 14.3 Å². The Morgan fingerprint density at radius 1 is 1.13 bits per heavy atom. The minimum absolute atomic E-state index is 0.0528. The van der Waals surface area contributed by atoms with Gasteiger partial charge in [0.25, 0.3) is 5.91 Å². The van der Waals surface area contributed by atoms with Gasteiger partial charge in [0.05, 0.1) is 17.0 Å². The van der Waals surface area contributed by atoms with Crippen molar-refractivity contribution in [1.82, 2.24) is 20.4 Å². The lowest BCUT2D eigenvalue weighted by molar-refractivity contribution is 0.0885. The van der Waals surface area contributed by atoms with Gasteiger partial charge in [-0.15, -0.1) is 11.3 Å². The minimum Gasteiger partial charge on any atom is -0.459 e. The Morgan fingerprint density at radius 2 is 1.90 bits per heavy atom. The molecule has 30 heavy (non-hydrogen) atoms. The van der Waals surface area contributed by atoms with Crippen LogP contribution in [0.4, 0.5) is 0 Å². The second kappa shape index (κ2) is 8.62. The Morgan fingerprint density at radius 3 is 2.53 bits per heavy atom. The number of hydrogen-bond acceptors (Lipinski definition) is 7. The number of carbonyl (C=O) groups excluding carboxylic acids is 1. The molecule has 4 rings (SSSR count). The van der Waals surface area contributed by atoms with Crippen molar-refractivity contribution in [3.63, 3.8) is 0 Å². The molecule has 1 N–H and O–H groups in total. The number of benzene rings is 1. The fraction of sp³-hybridized carbons (Fsp3) is 0.273. The third-order valence-corrected chi connectivity index (χ3v) is 5.69. The molecule has 0 aliphatic carbocycles. The summed E-state index contributed by atoms with van der Waals surface area (Å²) in [5, 5.41) is 10.2. The summed E-state index contributed by atoms with van der Waals surface area (Å²) >= 11 is 1.67. The SMILES string of the molecule is CCc1nc(-c2ccc(-c3noc(C(NC(=O)c4ccco4)C(C)C)n3)cc2)cs1. The third kappa shape index (κ3) is 4.18. The van der Waals surface area contributed by atoms with Crippen LogP contribution in [0.1, 0.15) is 48.3 Å². The first kappa shape index (κ1) is 20.0. The van der Waals surface area contributed by atoms with E-state index in [9.17, 15) is 4.79 Å². The fourth-order valence-corrected chi connectivity index (χ4v) is 3.76. The largest absolute Gasteiger partial charge is 0.459 e. The maximum absolute atomic E-state index is 12.4. The highest BCUT2D eigenvalue weighted by Crippen LogP contribution is 2.27. The van der Waals surface area contributed by atoms with Gasteiger partial charge in [-0.3, -0.25) is 4.79 Å². The molecule has 3 heterocycles. The lowest BCUT2D eigenvalue weighted by atomic mass is 10.0. The lowest BCUT2D eigenvalue weighted by Crippen LogP contribution is -2.31.